The van der Waals surface area contributed by atoms with Crippen LogP contribution in [0.25, 0.3) is 10.9 Å². The van der Waals surface area contributed by atoms with E-state index >= 15 is 0 Å². The molecule has 24 heavy (non-hydrogen) atoms. The van der Waals surface area contributed by atoms with Crippen LogP contribution in [0.1, 0.15) is 33.7 Å². The highest BCUT2D eigenvalue weighted by Gasteiger charge is 2.36. The van der Waals surface area contributed by atoms with Crippen LogP contribution in [-0.2, 0) is 12.8 Å². The van der Waals surface area contributed by atoms with Crippen molar-refractivity contribution in [1.29, 1.82) is 0 Å². The molecule has 0 radical (unpaired) electrons. The summed E-state index contributed by atoms with van der Waals surface area (Å²) in [6, 6.07) is 7.65. The molecule has 4 N–H and O–H groups in total. The molecule has 7 heteroatoms. The Kier molecular flexibility index (Phi) is 4.09. The van der Waals surface area contributed by atoms with Gasteiger partial charge in [0.2, 0.25) is 0 Å². The van der Waals surface area contributed by atoms with Gasteiger partial charge in [-0.25, -0.2) is 8.78 Å². The summed E-state index contributed by atoms with van der Waals surface area (Å²) in [6.07, 6.45) is 0.842. The zero-order chi connectivity index (χ0) is 17.3. The van der Waals surface area contributed by atoms with Crippen LogP contribution >= 0.6 is 0 Å². The average Bonchev–Trinajstić information content (AvgIpc) is 3.09. The van der Waals surface area contributed by atoms with Crippen molar-refractivity contribution in [2.75, 3.05) is 5.73 Å². The fourth-order valence-corrected chi connectivity index (χ4v) is 2.90. The van der Waals surface area contributed by atoms with Crippen molar-refractivity contribution in [3.8, 4) is 0 Å². The quantitative estimate of drug-likeness (QED) is 0.597. The lowest BCUT2D eigenvalue weighted by molar-refractivity contribution is -0.0123. The first-order valence-electron chi connectivity index (χ1n) is 7.62. The number of carbonyl (C=O) groups is 1. The molecule has 0 unspecified atom stereocenters. The molecule has 0 saturated heterocycles. The number of anilines is 1. The third-order valence-electron chi connectivity index (χ3n) is 4.12. The van der Waals surface area contributed by atoms with Gasteiger partial charge in [-0.2, -0.15) is 5.10 Å². The van der Waals surface area contributed by atoms with Crippen LogP contribution < -0.4 is 5.73 Å². The number of aromatic amines is 2. The molecule has 0 amide bonds. The molecule has 0 fully saturated rings. The summed E-state index contributed by atoms with van der Waals surface area (Å²) >= 11 is 0. The molecular formula is C17H18F2N4O. The number of alkyl halides is 2. The van der Waals surface area contributed by atoms with E-state index in [9.17, 15) is 13.6 Å². The predicted octanol–water partition coefficient (Wildman–Crippen LogP) is 3.40. The fourth-order valence-electron chi connectivity index (χ4n) is 2.90. The number of rotatable bonds is 1. The predicted molar refractivity (Wildman–Crippen MR) is 88.4 cm³/mol. The second kappa shape index (κ2) is 6.07. The molecule has 0 saturated carbocycles. The topological polar surface area (TPSA) is 87.6 Å². The Morgan fingerprint density at radius 2 is 2.17 bits per heavy atom. The first kappa shape index (κ1) is 16.2. The van der Waals surface area contributed by atoms with Crippen molar-refractivity contribution in [3.05, 3.63) is 46.8 Å². The van der Waals surface area contributed by atoms with Gasteiger partial charge < -0.3 is 10.7 Å². The molecule has 0 bridgehead atoms. The van der Waals surface area contributed by atoms with Crippen LogP contribution in [0.4, 0.5) is 14.6 Å². The summed E-state index contributed by atoms with van der Waals surface area (Å²) in [5, 5.41) is 7.34. The van der Waals surface area contributed by atoms with Crippen molar-refractivity contribution in [2.24, 2.45) is 0 Å². The third kappa shape index (κ3) is 3.15. The number of halogens is 2. The maximum atomic E-state index is 12.8. The maximum absolute atomic E-state index is 12.8. The Balaban J connectivity index is 0.000000141. The van der Waals surface area contributed by atoms with Gasteiger partial charge in [0.25, 0.3) is 5.92 Å². The van der Waals surface area contributed by atoms with Crippen molar-refractivity contribution in [2.45, 2.75) is 32.1 Å². The number of hydrogen-bond acceptors (Lipinski definition) is 3. The Morgan fingerprint density at radius 3 is 2.92 bits per heavy atom. The largest absolute Gasteiger partial charge is 0.382 e. The van der Waals surface area contributed by atoms with E-state index in [4.69, 9.17) is 5.73 Å². The minimum Gasteiger partial charge on any atom is -0.382 e. The molecule has 126 valence electrons. The molecule has 3 aromatic rings. The number of nitrogens with two attached hydrogens (primary N) is 1. The number of aromatic nitrogens is 3. The number of fused-ring (bicyclic) bond motifs is 2. The number of nitrogens with zero attached hydrogens (tertiary/aromatic N) is 1. The lowest BCUT2D eigenvalue weighted by atomic mass is 9.94. The molecular weight excluding hydrogens is 314 g/mol. The van der Waals surface area contributed by atoms with Gasteiger partial charge in [-0.3, -0.25) is 9.89 Å². The van der Waals surface area contributed by atoms with Gasteiger partial charge in [0, 0.05) is 46.3 Å². The molecule has 2 heterocycles. The molecule has 1 aromatic carbocycles. The number of aryl methyl sites for hydroxylation is 2. The van der Waals surface area contributed by atoms with E-state index < -0.39 is 5.92 Å². The number of benzene rings is 1. The lowest BCUT2D eigenvalue weighted by Crippen LogP contribution is -2.25. The summed E-state index contributed by atoms with van der Waals surface area (Å²) in [5.41, 5.74) is 9.52. The number of nitrogen functional groups attached to an aromatic ring is 1. The molecule has 4 rings (SSSR count). The van der Waals surface area contributed by atoms with E-state index in [1.165, 1.54) is 0 Å². The SMILES string of the molecule is Cc1cc2c(C=O)cccc2[nH]1.Nc1n[nH]c2c1CC(F)(F)CC2. The maximum Gasteiger partial charge on any atom is 0.252 e. The monoisotopic (exact) mass is 332 g/mol. The summed E-state index contributed by atoms with van der Waals surface area (Å²) < 4.78 is 25.7. The summed E-state index contributed by atoms with van der Waals surface area (Å²) in [6.45, 7) is 1.98. The van der Waals surface area contributed by atoms with E-state index in [0.717, 1.165) is 34.1 Å². The van der Waals surface area contributed by atoms with Gasteiger partial charge in [-0.15, -0.1) is 0 Å². The molecule has 0 spiro atoms. The van der Waals surface area contributed by atoms with Crippen LogP contribution in [0.15, 0.2) is 24.3 Å². The van der Waals surface area contributed by atoms with Gasteiger partial charge in [0.05, 0.1) is 0 Å². The van der Waals surface area contributed by atoms with Crippen LogP contribution in [0.5, 0.6) is 0 Å². The lowest BCUT2D eigenvalue weighted by Gasteiger charge is -2.20. The number of H-pyrrole nitrogens is 2. The normalized spacial score (nSPS) is 15.5. The van der Waals surface area contributed by atoms with E-state index in [1.807, 2.05) is 31.2 Å². The minimum atomic E-state index is -2.61. The Bertz CT molecular complexity index is 882. The van der Waals surface area contributed by atoms with E-state index in [1.54, 1.807) is 0 Å². The summed E-state index contributed by atoms with van der Waals surface area (Å²) in [4.78, 5) is 13.8. The number of nitrogens with one attached hydrogen (secondary N) is 2. The van der Waals surface area contributed by atoms with Gasteiger partial charge >= 0.3 is 0 Å². The van der Waals surface area contributed by atoms with E-state index in [2.05, 4.69) is 15.2 Å². The van der Waals surface area contributed by atoms with Gasteiger partial charge in [0.15, 0.2) is 6.29 Å². The molecule has 0 atom stereocenters. The highest BCUT2D eigenvalue weighted by atomic mass is 19.3. The van der Waals surface area contributed by atoms with Gasteiger partial charge in [-0.1, -0.05) is 12.1 Å². The second-order valence-corrected chi connectivity index (χ2v) is 5.98. The van der Waals surface area contributed by atoms with Crippen molar-refractivity contribution in [3.63, 3.8) is 0 Å². The first-order chi connectivity index (χ1) is 11.4. The average molecular weight is 332 g/mol. The molecule has 1 aliphatic rings. The van der Waals surface area contributed by atoms with Gasteiger partial charge in [0.1, 0.15) is 5.82 Å². The standard InChI is InChI=1S/C10H9NO.C7H9F2N3/c1-7-5-9-8(6-12)3-2-4-10(9)11-7;8-7(9)2-1-5-4(3-7)6(10)12-11-5/h2-6,11H,1H3;1-3H2,(H3,10,11,12). The van der Waals surface area contributed by atoms with Crippen molar-refractivity contribution >= 4 is 23.0 Å². The van der Waals surface area contributed by atoms with Crippen molar-refractivity contribution < 1.29 is 13.6 Å². The van der Waals surface area contributed by atoms with Crippen LogP contribution in [0, 0.1) is 6.92 Å². The van der Waals surface area contributed by atoms with E-state index in [0.29, 0.717) is 12.0 Å². The Hall–Kier alpha value is -2.70. The number of hydrogen-bond donors (Lipinski definition) is 3. The number of aldehydes is 1. The highest BCUT2D eigenvalue weighted by Crippen LogP contribution is 2.34. The Morgan fingerprint density at radius 1 is 1.38 bits per heavy atom. The first-order valence-corrected chi connectivity index (χ1v) is 7.62. The minimum absolute atomic E-state index is 0.109. The third-order valence-corrected chi connectivity index (χ3v) is 4.12. The molecule has 1 aliphatic carbocycles. The van der Waals surface area contributed by atoms with Crippen LogP contribution in [0.3, 0.4) is 0 Å². The van der Waals surface area contributed by atoms with Gasteiger partial charge in [-0.05, 0) is 25.5 Å². The molecule has 5 nitrogen and oxygen atoms in total. The smallest absolute Gasteiger partial charge is 0.252 e. The fraction of sp³-hybridized carbons (Fsp3) is 0.294. The molecule has 0 aliphatic heterocycles. The van der Waals surface area contributed by atoms with Crippen LogP contribution in [-0.4, -0.2) is 27.4 Å². The highest BCUT2D eigenvalue weighted by molar-refractivity contribution is 5.97. The Labute approximate surface area is 137 Å². The van der Waals surface area contributed by atoms with Crippen LogP contribution in [0.2, 0.25) is 0 Å². The van der Waals surface area contributed by atoms with Crippen molar-refractivity contribution in [1.82, 2.24) is 15.2 Å². The summed E-state index contributed by atoms with van der Waals surface area (Å²) in [7, 11) is 0. The zero-order valence-corrected chi connectivity index (χ0v) is 13.2. The zero-order valence-electron chi connectivity index (χ0n) is 13.2. The van der Waals surface area contributed by atoms with E-state index in [-0.39, 0.29) is 18.7 Å². The summed E-state index contributed by atoms with van der Waals surface area (Å²) in [5.74, 6) is -2.39. The second-order valence-electron chi connectivity index (χ2n) is 5.98. The number of carbonyl (C=O) groups excluding carboxylic acids is 1. The molecule has 2 aromatic heterocycles.